The van der Waals surface area contributed by atoms with Crippen LogP contribution in [0.1, 0.15) is 29.6 Å². The second-order valence-corrected chi connectivity index (χ2v) is 6.27. The summed E-state index contributed by atoms with van der Waals surface area (Å²) in [4.78, 5) is 35.0. The van der Waals surface area contributed by atoms with Crippen LogP contribution in [0.25, 0.3) is 0 Å². The smallest absolute Gasteiger partial charge is 0.311 e. The molecule has 0 bridgehead atoms. The maximum atomic E-state index is 11.8. The van der Waals surface area contributed by atoms with Crippen molar-refractivity contribution in [1.82, 2.24) is 10.6 Å². The Morgan fingerprint density at radius 2 is 2.00 bits per heavy atom. The third kappa shape index (κ3) is 4.77. The van der Waals surface area contributed by atoms with Crippen LogP contribution in [0.2, 0.25) is 0 Å². The van der Waals surface area contributed by atoms with Gasteiger partial charge in [-0.25, -0.2) is 0 Å². The number of thiophene rings is 1. The SMILES string of the molecule is O=C(CCNC(=O)c1ccsc1)NCC1(C(=O)O)CCOCC1. The van der Waals surface area contributed by atoms with E-state index in [1.807, 2.05) is 0 Å². The highest BCUT2D eigenvalue weighted by atomic mass is 32.1. The number of rotatable bonds is 7. The van der Waals surface area contributed by atoms with Gasteiger partial charge in [0.25, 0.3) is 5.91 Å². The predicted octanol–water partition coefficient (Wildman–Crippen LogP) is 0.866. The molecule has 0 aliphatic carbocycles. The van der Waals surface area contributed by atoms with Gasteiger partial charge < -0.3 is 20.5 Å². The fourth-order valence-corrected chi connectivity index (χ4v) is 3.01. The molecule has 1 saturated heterocycles. The number of carbonyl (C=O) groups excluding carboxylic acids is 2. The Hall–Kier alpha value is -1.93. The summed E-state index contributed by atoms with van der Waals surface area (Å²) < 4.78 is 5.19. The number of aliphatic carboxylic acids is 1. The van der Waals surface area contributed by atoms with E-state index >= 15 is 0 Å². The topological polar surface area (TPSA) is 105 Å². The monoisotopic (exact) mass is 340 g/mol. The molecule has 23 heavy (non-hydrogen) atoms. The molecule has 8 heteroatoms. The van der Waals surface area contributed by atoms with Crippen LogP contribution in [0, 0.1) is 5.41 Å². The lowest BCUT2D eigenvalue weighted by Gasteiger charge is -2.33. The molecule has 0 radical (unpaired) electrons. The van der Waals surface area contributed by atoms with Gasteiger partial charge in [-0.15, -0.1) is 0 Å². The van der Waals surface area contributed by atoms with Gasteiger partial charge in [-0.1, -0.05) is 0 Å². The lowest BCUT2D eigenvalue weighted by molar-refractivity contribution is -0.154. The molecule has 1 aromatic heterocycles. The minimum absolute atomic E-state index is 0.0863. The van der Waals surface area contributed by atoms with E-state index < -0.39 is 11.4 Å². The van der Waals surface area contributed by atoms with Crippen molar-refractivity contribution in [2.75, 3.05) is 26.3 Å². The molecule has 2 heterocycles. The molecule has 1 aliphatic heterocycles. The van der Waals surface area contributed by atoms with Gasteiger partial charge in [0.2, 0.25) is 5.91 Å². The zero-order chi connectivity index (χ0) is 16.7. The second-order valence-electron chi connectivity index (χ2n) is 5.49. The Bertz CT molecular complexity index is 552. The first kappa shape index (κ1) is 17.4. The van der Waals surface area contributed by atoms with Crippen LogP contribution in [-0.2, 0) is 14.3 Å². The molecule has 0 saturated carbocycles. The molecule has 1 aromatic rings. The first-order valence-electron chi connectivity index (χ1n) is 7.42. The summed E-state index contributed by atoms with van der Waals surface area (Å²) in [7, 11) is 0. The van der Waals surface area contributed by atoms with Gasteiger partial charge in [-0.2, -0.15) is 11.3 Å². The highest BCUT2D eigenvalue weighted by Crippen LogP contribution is 2.30. The number of nitrogens with one attached hydrogen (secondary N) is 2. The second kappa shape index (κ2) is 8.07. The zero-order valence-electron chi connectivity index (χ0n) is 12.7. The van der Waals surface area contributed by atoms with E-state index in [2.05, 4.69) is 10.6 Å². The Morgan fingerprint density at radius 3 is 2.61 bits per heavy atom. The van der Waals surface area contributed by atoms with Crippen molar-refractivity contribution in [2.45, 2.75) is 19.3 Å². The minimum atomic E-state index is -0.951. The maximum absolute atomic E-state index is 11.8. The van der Waals surface area contributed by atoms with Gasteiger partial charge in [-0.05, 0) is 24.3 Å². The molecule has 2 rings (SSSR count). The molecule has 3 N–H and O–H groups in total. The molecule has 0 atom stereocenters. The molecule has 1 aliphatic rings. The molecule has 1 fully saturated rings. The van der Waals surface area contributed by atoms with Crippen LogP contribution < -0.4 is 10.6 Å². The molecule has 126 valence electrons. The molecule has 0 aromatic carbocycles. The van der Waals surface area contributed by atoms with Crippen LogP contribution >= 0.6 is 11.3 Å². The first-order chi connectivity index (χ1) is 11.0. The molecular weight excluding hydrogens is 320 g/mol. The van der Waals surface area contributed by atoms with Crippen molar-refractivity contribution in [3.05, 3.63) is 22.4 Å². The van der Waals surface area contributed by atoms with E-state index in [4.69, 9.17) is 4.74 Å². The van der Waals surface area contributed by atoms with Gasteiger partial charge >= 0.3 is 5.97 Å². The van der Waals surface area contributed by atoms with E-state index in [1.54, 1.807) is 16.8 Å². The van der Waals surface area contributed by atoms with E-state index in [1.165, 1.54) is 11.3 Å². The summed E-state index contributed by atoms with van der Waals surface area (Å²) in [5.41, 5.74) is -0.379. The standard InChI is InChI=1S/C15H20N2O5S/c18-12(1-5-16-13(19)11-2-8-23-9-11)17-10-15(14(20)21)3-6-22-7-4-15/h2,8-9H,1,3-7,10H2,(H,16,19)(H,17,18)(H,20,21). The summed E-state index contributed by atoms with van der Waals surface area (Å²) >= 11 is 1.43. The molecular formula is C15H20N2O5S. The lowest BCUT2D eigenvalue weighted by atomic mass is 9.80. The van der Waals surface area contributed by atoms with Crippen LogP contribution in [0.15, 0.2) is 16.8 Å². The summed E-state index contributed by atoms with van der Waals surface area (Å²) in [5.74, 6) is -1.40. The number of ether oxygens (including phenoxy) is 1. The Morgan fingerprint density at radius 1 is 1.26 bits per heavy atom. The predicted molar refractivity (Wildman–Crippen MR) is 84.4 cm³/mol. The van der Waals surface area contributed by atoms with E-state index in [9.17, 15) is 19.5 Å². The quantitative estimate of drug-likeness (QED) is 0.683. The number of carboxylic acids is 1. The largest absolute Gasteiger partial charge is 0.481 e. The van der Waals surface area contributed by atoms with Crippen LogP contribution in [0.4, 0.5) is 0 Å². The van der Waals surface area contributed by atoms with Crippen molar-refractivity contribution < 1.29 is 24.2 Å². The highest BCUT2D eigenvalue weighted by molar-refractivity contribution is 7.08. The third-order valence-corrected chi connectivity index (χ3v) is 4.63. The van der Waals surface area contributed by atoms with Crippen molar-refractivity contribution in [3.63, 3.8) is 0 Å². The third-order valence-electron chi connectivity index (χ3n) is 3.95. The number of hydrogen-bond donors (Lipinski definition) is 3. The summed E-state index contributed by atoms with van der Waals surface area (Å²) in [6, 6.07) is 1.71. The fraction of sp³-hybridized carbons (Fsp3) is 0.533. The lowest BCUT2D eigenvalue weighted by Crippen LogP contribution is -2.46. The van der Waals surface area contributed by atoms with Gasteiger partial charge in [0.1, 0.15) is 0 Å². The van der Waals surface area contributed by atoms with Gasteiger partial charge in [0.05, 0.1) is 5.41 Å². The Balaban J connectivity index is 1.72. The Kier molecular flexibility index (Phi) is 6.12. The number of carboxylic acid groups (broad SMARTS) is 1. The summed E-state index contributed by atoms with van der Waals surface area (Å²) in [6.45, 7) is 1.07. The number of hydrogen-bond acceptors (Lipinski definition) is 5. The average Bonchev–Trinajstić information content (AvgIpc) is 3.08. The first-order valence-corrected chi connectivity index (χ1v) is 8.36. The van der Waals surface area contributed by atoms with E-state index in [-0.39, 0.29) is 31.3 Å². The van der Waals surface area contributed by atoms with Crippen molar-refractivity contribution >= 4 is 29.1 Å². The van der Waals surface area contributed by atoms with Crippen molar-refractivity contribution in [3.8, 4) is 0 Å². The van der Waals surface area contributed by atoms with Crippen molar-refractivity contribution in [1.29, 1.82) is 0 Å². The normalized spacial score (nSPS) is 16.5. The van der Waals surface area contributed by atoms with Gasteiger partial charge in [-0.3, -0.25) is 14.4 Å². The molecule has 7 nitrogen and oxygen atoms in total. The van der Waals surface area contributed by atoms with Crippen LogP contribution in [0.3, 0.4) is 0 Å². The van der Waals surface area contributed by atoms with Gasteiger partial charge in [0.15, 0.2) is 0 Å². The number of carbonyl (C=O) groups is 3. The maximum Gasteiger partial charge on any atom is 0.311 e. The van der Waals surface area contributed by atoms with E-state index in [0.29, 0.717) is 31.6 Å². The van der Waals surface area contributed by atoms with Crippen LogP contribution in [-0.4, -0.2) is 49.2 Å². The fourth-order valence-electron chi connectivity index (χ4n) is 2.37. The average molecular weight is 340 g/mol. The minimum Gasteiger partial charge on any atom is -0.481 e. The van der Waals surface area contributed by atoms with Crippen LogP contribution in [0.5, 0.6) is 0 Å². The zero-order valence-corrected chi connectivity index (χ0v) is 13.5. The molecule has 2 amide bonds. The molecule has 0 spiro atoms. The highest BCUT2D eigenvalue weighted by Gasteiger charge is 2.40. The summed E-state index contributed by atoms with van der Waals surface area (Å²) in [5, 5.41) is 18.2. The number of amides is 2. The van der Waals surface area contributed by atoms with Gasteiger partial charge in [0, 0.05) is 43.7 Å². The summed E-state index contributed by atoms with van der Waals surface area (Å²) in [6.07, 6.45) is 0.886. The Labute approximate surface area is 138 Å². The van der Waals surface area contributed by atoms with Crippen molar-refractivity contribution in [2.24, 2.45) is 5.41 Å². The van der Waals surface area contributed by atoms with E-state index in [0.717, 1.165) is 0 Å². The molecule has 0 unspecified atom stereocenters.